The van der Waals surface area contributed by atoms with E-state index in [4.69, 9.17) is 21.5 Å². The zero-order valence-corrected chi connectivity index (χ0v) is 19.4. The summed E-state index contributed by atoms with van der Waals surface area (Å²) in [6.07, 6.45) is -2.92. The summed E-state index contributed by atoms with van der Waals surface area (Å²) in [6, 6.07) is 13.1. The van der Waals surface area contributed by atoms with Crippen LogP contribution in [-0.2, 0) is 20.9 Å². The molecule has 4 N–H and O–H groups in total. The Balaban J connectivity index is 0.000000384. The first-order valence-corrected chi connectivity index (χ1v) is 11.2. The van der Waals surface area contributed by atoms with Crippen molar-refractivity contribution in [3.05, 3.63) is 59.4 Å². The number of benzene rings is 2. The molecule has 36 heavy (non-hydrogen) atoms. The van der Waals surface area contributed by atoms with Crippen LogP contribution in [0.3, 0.4) is 0 Å². The van der Waals surface area contributed by atoms with E-state index in [1.54, 1.807) is 6.33 Å². The minimum atomic E-state index is -5.08. The van der Waals surface area contributed by atoms with Gasteiger partial charge in [-0.3, -0.25) is 14.2 Å². The molecule has 0 bridgehead atoms. The molecule has 0 aliphatic carbocycles. The number of amides is 2. The SMILES string of the molecule is O=C(O)C(F)(F)F.O=C1CC2(CNC2)C(C(=O)NCc2ccc(-n3cnc4ccccc43)cc2Cl)N1. The maximum atomic E-state index is 12.7. The van der Waals surface area contributed by atoms with E-state index >= 15 is 0 Å². The molecule has 1 spiro atoms. The van der Waals surface area contributed by atoms with Crippen molar-refractivity contribution < 1.29 is 32.7 Å². The van der Waals surface area contributed by atoms with Crippen LogP contribution in [-0.4, -0.2) is 57.7 Å². The maximum absolute atomic E-state index is 12.7. The molecule has 2 saturated heterocycles. The van der Waals surface area contributed by atoms with Crippen molar-refractivity contribution >= 4 is 40.4 Å². The minimum absolute atomic E-state index is 0.0680. The number of alkyl halides is 3. The van der Waals surface area contributed by atoms with E-state index in [0.717, 1.165) is 22.3 Å². The average molecular weight is 524 g/mol. The smallest absolute Gasteiger partial charge is 0.475 e. The van der Waals surface area contributed by atoms with Gasteiger partial charge in [0.15, 0.2) is 0 Å². The van der Waals surface area contributed by atoms with Gasteiger partial charge in [0.1, 0.15) is 12.4 Å². The molecule has 1 aromatic heterocycles. The first-order valence-electron chi connectivity index (χ1n) is 10.8. The largest absolute Gasteiger partial charge is 0.490 e. The number of carboxylic acid groups (broad SMARTS) is 1. The van der Waals surface area contributed by atoms with Crippen LogP contribution in [0.5, 0.6) is 0 Å². The summed E-state index contributed by atoms with van der Waals surface area (Å²) in [5, 5.41) is 16.6. The second-order valence-corrected chi connectivity index (χ2v) is 8.95. The molecule has 5 rings (SSSR count). The highest BCUT2D eigenvalue weighted by Crippen LogP contribution is 2.36. The van der Waals surface area contributed by atoms with Gasteiger partial charge in [-0.1, -0.05) is 29.8 Å². The fraction of sp³-hybridized carbons (Fsp3) is 0.304. The number of nitrogens with one attached hydrogen (secondary N) is 3. The summed E-state index contributed by atoms with van der Waals surface area (Å²) >= 11 is 6.49. The van der Waals surface area contributed by atoms with Gasteiger partial charge >= 0.3 is 12.1 Å². The van der Waals surface area contributed by atoms with Crippen LogP contribution >= 0.6 is 11.6 Å². The van der Waals surface area contributed by atoms with Crippen molar-refractivity contribution in [2.24, 2.45) is 5.41 Å². The number of fused-ring (bicyclic) bond motifs is 1. The number of halogens is 4. The van der Waals surface area contributed by atoms with Crippen molar-refractivity contribution in [1.82, 2.24) is 25.5 Å². The minimum Gasteiger partial charge on any atom is -0.475 e. The molecule has 3 aromatic rings. The van der Waals surface area contributed by atoms with Gasteiger partial charge in [0.2, 0.25) is 11.8 Å². The monoisotopic (exact) mass is 523 g/mol. The molecule has 2 aliphatic rings. The Morgan fingerprint density at radius 3 is 2.53 bits per heavy atom. The van der Waals surface area contributed by atoms with Crippen molar-refractivity contribution in [2.75, 3.05) is 13.1 Å². The molecular formula is C23H21ClF3N5O4. The van der Waals surface area contributed by atoms with Gasteiger partial charge in [0, 0.05) is 42.2 Å². The summed E-state index contributed by atoms with van der Waals surface area (Å²) < 4.78 is 33.7. The molecule has 2 aromatic carbocycles. The summed E-state index contributed by atoms with van der Waals surface area (Å²) in [5.74, 6) is -2.99. The van der Waals surface area contributed by atoms with Crippen LogP contribution < -0.4 is 16.0 Å². The van der Waals surface area contributed by atoms with Crippen molar-refractivity contribution in [3.63, 3.8) is 0 Å². The van der Waals surface area contributed by atoms with E-state index < -0.39 is 18.2 Å². The van der Waals surface area contributed by atoms with E-state index in [2.05, 4.69) is 20.9 Å². The Kier molecular flexibility index (Phi) is 6.92. The van der Waals surface area contributed by atoms with Gasteiger partial charge in [-0.25, -0.2) is 9.78 Å². The number of hydrogen-bond donors (Lipinski definition) is 4. The molecule has 1 unspecified atom stereocenters. The van der Waals surface area contributed by atoms with E-state index in [0.29, 0.717) is 31.1 Å². The lowest BCUT2D eigenvalue weighted by Crippen LogP contribution is -2.63. The number of aromatic nitrogens is 2. The van der Waals surface area contributed by atoms with Crippen LogP contribution in [0.15, 0.2) is 48.8 Å². The Hall–Kier alpha value is -3.64. The lowest BCUT2D eigenvalue weighted by Gasteiger charge is -2.41. The quantitative estimate of drug-likeness (QED) is 0.416. The van der Waals surface area contributed by atoms with Crippen LogP contribution in [0.4, 0.5) is 13.2 Å². The number of hydrogen-bond acceptors (Lipinski definition) is 5. The number of carbonyl (C=O) groups excluding carboxylic acids is 2. The Bertz CT molecular complexity index is 1320. The van der Waals surface area contributed by atoms with Crippen molar-refractivity contribution in [2.45, 2.75) is 25.2 Å². The molecule has 9 nitrogen and oxygen atoms in total. The molecule has 2 aliphatic heterocycles. The lowest BCUT2D eigenvalue weighted by atomic mass is 9.74. The first kappa shape index (κ1) is 25.5. The van der Waals surface area contributed by atoms with Crippen LogP contribution in [0.2, 0.25) is 5.02 Å². The molecule has 2 amide bonds. The molecular weight excluding hydrogens is 503 g/mol. The highest BCUT2D eigenvalue weighted by Gasteiger charge is 2.54. The van der Waals surface area contributed by atoms with E-state index in [9.17, 15) is 22.8 Å². The summed E-state index contributed by atoms with van der Waals surface area (Å²) in [5.41, 5.74) is 3.34. The zero-order valence-electron chi connectivity index (χ0n) is 18.6. The normalized spacial score (nSPS) is 18.2. The summed E-state index contributed by atoms with van der Waals surface area (Å²) in [4.78, 5) is 37.8. The molecule has 190 valence electrons. The first-order chi connectivity index (χ1) is 17.0. The number of para-hydroxylation sites is 2. The van der Waals surface area contributed by atoms with Gasteiger partial charge in [-0.2, -0.15) is 13.2 Å². The number of aliphatic carboxylic acids is 1. The van der Waals surface area contributed by atoms with Gasteiger partial charge in [-0.15, -0.1) is 0 Å². The topological polar surface area (TPSA) is 125 Å². The third-order valence-electron chi connectivity index (χ3n) is 6.11. The standard InChI is InChI=1S/C21H20ClN5O2.C2HF3O2/c22-15-7-14(27-12-25-16-3-1-2-4-17(16)27)6-5-13(15)9-24-20(29)19-21(10-23-11-21)8-18(28)26-19;3-2(4,5)1(6)7/h1-7,12,19,23H,8-11H2,(H,24,29)(H,26,28);(H,6,7). The second kappa shape index (κ2) is 9.78. The number of imidazole rings is 1. The maximum Gasteiger partial charge on any atom is 0.490 e. The average Bonchev–Trinajstić information content (AvgIpc) is 3.39. The number of rotatable bonds is 4. The van der Waals surface area contributed by atoms with Crippen molar-refractivity contribution in [1.29, 1.82) is 0 Å². The van der Waals surface area contributed by atoms with Crippen LogP contribution in [0.25, 0.3) is 16.7 Å². The Morgan fingerprint density at radius 2 is 1.92 bits per heavy atom. The van der Waals surface area contributed by atoms with Crippen molar-refractivity contribution in [3.8, 4) is 5.69 Å². The predicted octanol–water partition coefficient (Wildman–Crippen LogP) is 2.41. The Labute approximate surface area is 207 Å². The summed E-state index contributed by atoms with van der Waals surface area (Å²) in [6.45, 7) is 1.66. The van der Waals surface area contributed by atoms with Gasteiger partial charge < -0.3 is 21.1 Å². The molecule has 0 radical (unpaired) electrons. The highest BCUT2D eigenvalue weighted by molar-refractivity contribution is 6.31. The van der Waals surface area contributed by atoms with Gasteiger partial charge in [-0.05, 0) is 29.8 Å². The van der Waals surface area contributed by atoms with Gasteiger partial charge in [0.05, 0.1) is 11.0 Å². The molecule has 13 heteroatoms. The third kappa shape index (κ3) is 5.14. The number of nitrogens with zero attached hydrogens (tertiary/aromatic N) is 2. The van der Waals surface area contributed by atoms with E-state index in [-0.39, 0.29) is 17.2 Å². The molecule has 1 atom stereocenters. The summed E-state index contributed by atoms with van der Waals surface area (Å²) in [7, 11) is 0. The zero-order chi connectivity index (χ0) is 26.1. The fourth-order valence-corrected chi connectivity index (χ4v) is 4.43. The molecule has 2 fully saturated rings. The Morgan fingerprint density at radius 1 is 1.22 bits per heavy atom. The van der Waals surface area contributed by atoms with Crippen LogP contribution in [0.1, 0.15) is 12.0 Å². The molecule has 3 heterocycles. The highest BCUT2D eigenvalue weighted by atomic mass is 35.5. The number of carboxylic acids is 1. The lowest BCUT2D eigenvalue weighted by molar-refractivity contribution is -0.192. The number of carbonyl (C=O) groups is 3. The van der Waals surface area contributed by atoms with Crippen LogP contribution in [0, 0.1) is 5.41 Å². The fourth-order valence-electron chi connectivity index (χ4n) is 4.18. The predicted molar refractivity (Wildman–Crippen MR) is 123 cm³/mol. The van der Waals surface area contributed by atoms with E-state index in [1.807, 2.05) is 47.0 Å². The second-order valence-electron chi connectivity index (χ2n) is 8.54. The molecule has 0 saturated carbocycles. The van der Waals surface area contributed by atoms with Gasteiger partial charge in [0.25, 0.3) is 0 Å². The van der Waals surface area contributed by atoms with E-state index in [1.165, 1.54) is 0 Å². The third-order valence-corrected chi connectivity index (χ3v) is 6.46.